The minimum Gasteiger partial charge on any atom is -0.415 e. The molecule has 4 aliphatic carbocycles. The van der Waals surface area contributed by atoms with Crippen LogP contribution in [0.4, 0.5) is 0 Å². The third-order valence-electron chi connectivity index (χ3n) is 10.9. The van der Waals surface area contributed by atoms with E-state index in [1.807, 2.05) is 0 Å². The van der Waals surface area contributed by atoms with Gasteiger partial charge in [0.1, 0.15) is 6.61 Å². The van der Waals surface area contributed by atoms with Crippen molar-refractivity contribution < 1.29 is 18.1 Å². The van der Waals surface area contributed by atoms with Crippen molar-refractivity contribution >= 4 is 30.7 Å². The molecule has 0 aromatic rings. The van der Waals surface area contributed by atoms with Crippen molar-refractivity contribution in [3.05, 3.63) is 0 Å². The lowest BCUT2D eigenvalue weighted by molar-refractivity contribution is -0.144. The lowest BCUT2D eigenvalue weighted by Crippen LogP contribution is -2.64. The molecule has 232 valence electrons. The molecular formula is C32H63NO4Si3. The van der Waals surface area contributed by atoms with Gasteiger partial charge in [-0.1, -0.05) is 19.0 Å². The fourth-order valence-corrected chi connectivity index (χ4v) is 13.6. The van der Waals surface area contributed by atoms with Crippen molar-refractivity contribution in [3.63, 3.8) is 0 Å². The summed E-state index contributed by atoms with van der Waals surface area (Å²) in [6.45, 7) is 31.3. The van der Waals surface area contributed by atoms with Crippen molar-refractivity contribution in [2.75, 3.05) is 6.61 Å². The number of oxime groups is 1. The first-order chi connectivity index (χ1) is 18.3. The van der Waals surface area contributed by atoms with Crippen molar-refractivity contribution in [2.24, 2.45) is 45.6 Å². The van der Waals surface area contributed by atoms with Crippen LogP contribution in [-0.4, -0.2) is 55.6 Å². The highest BCUT2D eigenvalue weighted by Gasteiger charge is 2.66. The van der Waals surface area contributed by atoms with E-state index in [0.717, 1.165) is 18.8 Å². The van der Waals surface area contributed by atoms with Crippen LogP contribution in [0, 0.1) is 40.4 Å². The SMILES string of the molecule is CCON=C1CC2(C)C(C(C)O[Si](C)(C)C)CCC2C2CCC3CC(O[Si](C)(C)C)CC(O[Si](C)(C)C)C3(C)C12. The summed E-state index contributed by atoms with van der Waals surface area (Å²) in [6.07, 6.45) is 9.26. The number of rotatable bonds is 9. The van der Waals surface area contributed by atoms with Crippen molar-refractivity contribution in [1.82, 2.24) is 0 Å². The maximum Gasteiger partial charge on any atom is 0.184 e. The van der Waals surface area contributed by atoms with Gasteiger partial charge < -0.3 is 18.1 Å². The van der Waals surface area contributed by atoms with Crippen LogP contribution in [0.2, 0.25) is 58.9 Å². The van der Waals surface area contributed by atoms with Crippen LogP contribution in [0.1, 0.15) is 72.6 Å². The van der Waals surface area contributed by atoms with Crippen molar-refractivity contribution in [2.45, 2.75) is 150 Å². The Labute approximate surface area is 250 Å². The van der Waals surface area contributed by atoms with Gasteiger partial charge in [-0.2, -0.15) is 0 Å². The van der Waals surface area contributed by atoms with E-state index in [9.17, 15) is 0 Å². The smallest absolute Gasteiger partial charge is 0.184 e. The Bertz CT molecular complexity index is 925. The molecule has 5 nitrogen and oxygen atoms in total. The molecule has 10 atom stereocenters. The van der Waals surface area contributed by atoms with E-state index in [-0.39, 0.29) is 16.9 Å². The second-order valence-electron chi connectivity index (χ2n) is 17.2. The predicted octanol–water partition coefficient (Wildman–Crippen LogP) is 8.94. The predicted molar refractivity (Wildman–Crippen MR) is 175 cm³/mol. The molecular weight excluding hydrogens is 547 g/mol. The zero-order valence-corrected chi connectivity index (χ0v) is 31.4. The standard InChI is InChI=1S/C32H63NO4Si3/c1-14-34-33-28-21-31(3)26(22(2)35-38(5,6)7)17-18-27(31)25-16-15-23-19-24(36-39(8,9)10)20-29(37-40(11,12)13)32(23,4)30(25)28/h22-27,29-30H,14-21H2,1-13H3. The first kappa shape index (κ1) is 32.9. The van der Waals surface area contributed by atoms with Gasteiger partial charge in [0.15, 0.2) is 25.0 Å². The van der Waals surface area contributed by atoms with E-state index in [2.05, 4.69) is 86.6 Å². The zero-order valence-electron chi connectivity index (χ0n) is 28.4. The second-order valence-corrected chi connectivity index (χ2v) is 30.6. The summed E-state index contributed by atoms with van der Waals surface area (Å²) in [4.78, 5) is 5.95. The Morgan fingerprint density at radius 1 is 0.850 bits per heavy atom. The number of hydrogen-bond donors (Lipinski definition) is 0. The molecule has 0 saturated heterocycles. The largest absolute Gasteiger partial charge is 0.415 e. The minimum absolute atomic E-state index is 0.0677. The van der Waals surface area contributed by atoms with Gasteiger partial charge in [0, 0.05) is 23.5 Å². The molecule has 0 heterocycles. The van der Waals surface area contributed by atoms with Crippen LogP contribution in [-0.2, 0) is 18.1 Å². The van der Waals surface area contributed by atoms with Crippen LogP contribution < -0.4 is 0 Å². The van der Waals surface area contributed by atoms with Gasteiger partial charge in [-0.3, -0.25) is 0 Å². The molecule has 0 aliphatic heterocycles. The molecule has 40 heavy (non-hydrogen) atoms. The summed E-state index contributed by atoms with van der Waals surface area (Å²) in [6, 6.07) is 0. The van der Waals surface area contributed by atoms with E-state index in [1.54, 1.807) is 0 Å². The van der Waals surface area contributed by atoms with Crippen LogP contribution >= 0.6 is 0 Å². The lowest BCUT2D eigenvalue weighted by atomic mass is 9.43. The van der Waals surface area contributed by atoms with Crippen molar-refractivity contribution in [3.8, 4) is 0 Å². The molecule has 4 rings (SSSR count). The summed E-state index contributed by atoms with van der Waals surface area (Å²) in [5.41, 5.74) is 1.61. The molecule has 0 spiro atoms. The average Bonchev–Trinajstić information content (AvgIpc) is 3.12. The quantitative estimate of drug-likeness (QED) is 0.193. The molecule has 0 amide bonds. The monoisotopic (exact) mass is 609 g/mol. The summed E-state index contributed by atoms with van der Waals surface area (Å²) < 4.78 is 20.8. The zero-order chi connectivity index (χ0) is 29.9. The summed E-state index contributed by atoms with van der Waals surface area (Å²) in [5.74, 6) is 2.98. The minimum atomic E-state index is -1.78. The Kier molecular flexibility index (Phi) is 9.45. The first-order valence-corrected chi connectivity index (χ1v) is 26.7. The van der Waals surface area contributed by atoms with Crippen molar-refractivity contribution in [1.29, 1.82) is 0 Å². The van der Waals surface area contributed by atoms with Gasteiger partial charge in [0.2, 0.25) is 0 Å². The van der Waals surface area contributed by atoms with Gasteiger partial charge in [0.05, 0.1) is 11.8 Å². The molecule has 10 unspecified atom stereocenters. The summed E-state index contributed by atoms with van der Waals surface area (Å²) >= 11 is 0. The van der Waals surface area contributed by atoms with Crippen LogP contribution in [0.3, 0.4) is 0 Å². The molecule has 8 heteroatoms. The molecule has 0 bridgehead atoms. The fourth-order valence-electron chi connectivity index (χ4n) is 9.97. The van der Waals surface area contributed by atoms with E-state index >= 15 is 0 Å². The normalized spacial score (nSPS) is 42.2. The highest BCUT2D eigenvalue weighted by Crippen LogP contribution is 2.68. The van der Waals surface area contributed by atoms with E-state index in [4.69, 9.17) is 23.3 Å². The number of fused-ring (bicyclic) bond motifs is 5. The Hall–Kier alpha value is 0.000649. The lowest BCUT2D eigenvalue weighted by Gasteiger charge is -2.64. The van der Waals surface area contributed by atoms with Gasteiger partial charge in [-0.25, -0.2) is 0 Å². The van der Waals surface area contributed by atoms with Gasteiger partial charge in [-0.15, -0.1) is 0 Å². The van der Waals surface area contributed by atoms with Gasteiger partial charge in [-0.05, 0) is 147 Å². The van der Waals surface area contributed by atoms with Crippen LogP contribution in [0.5, 0.6) is 0 Å². The molecule has 4 fully saturated rings. The maximum absolute atomic E-state index is 7.21. The van der Waals surface area contributed by atoms with E-state index in [0.29, 0.717) is 42.5 Å². The van der Waals surface area contributed by atoms with Crippen LogP contribution in [0.25, 0.3) is 0 Å². The summed E-state index contributed by atoms with van der Waals surface area (Å²) in [5, 5.41) is 5.02. The Morgan fingerprint density at radius 3 is 2.08 bits per heavy atom. The maximum atomic E-state index is 7.21. The Morgan fingerprint density at radius 2 is 1.50 bits per heavy atom. The highest BCUT2D eigenvalue weighted by atomic mass is 28.4. The molecule has 0 radical (unpaired) electrons. The molecule has 0 aromatic carbocycles. The van der Waals surface area contributed by atoms with E-state index < -0.39 is 25.0 Å². The molecule has 4 aliphatic rings. The second kappa shape index (κ2) is 11.5. The molecule has 0 N–H and O–H groups in total. The number of nitrogens with zero attached hydrogens (tertiary/aromatic N) is 1. The first-order valence-electron chi connectivity index (χ1n) is 16.5. The molecule has 0 aromatic heterocycles. The Balaban J connectivity index is 1.74. The van der Waals surface area contributed by atoms with Gasteiger partial charge in [0.25, 0.3) is 0 Å². The summed E-state index contributed by atoms with van der Waals surface area (Å²) in [7, 11) is -5.04. The number of hydrogen-bond acceptors (Lipinski definition) is 5. The third kappa shape index (κ3) is 6.72. The fraction of sp³-hybridized carbons (Fsp3) is 0.969. The average molecular weight is 610 g/mol. The topological polar surface area (TPSA) is 49.3 Å². The third-order valence-corrected chi connectivity index (χ3v) is 14.0. The van der Waals surface area contributed by atoms with Crippen LogP contribution in [0.15, 0.2) is 5.16 Å². The molecule has 4 saturated carbocycles. The van der Waals surface area contributed by atoms with Gasteiger partial charge >= 0.3 is 0 Å². The van der Waals surface area contributed by atoms with E-state index in [1.165, 1.54) is 37.8 Å². The highest BCUT2D eigenvalue weighted by molar-refractivity contribution is 6.70.